The Labute approximate surface area is 178 Å². The summed E-state index contributed by atoms with van der Waals surface area (Å²) < 4.78 is 32.1. The van der Waals surface area contributed by atoms with Crippen molar-refractivity contribution >= 4 is 18.3 Å². The fourth-order valence-corrected chi connectivity index (χ4v) is 3.61. The van der Waals surface area contributed by atoms with Gasteiger partial charge in [0.1, 0.15) is 11.3 Å². The van der Waals surface area contributed by atoms with Crippen molar-refractivity contribution in [2.45, 2.75) is 39.2 Å². The van der Waals surface area contributed by atoms with E-state index in [0.29, 0.717) is 30.8 Å². The number of likely N-dealkylation sites (tertiary alicyclic amines) is 1. The number of nitrogens with one attached hydrogen (secondary N) is 1. The molecule has 0 radical (unpaired) electrons. The molecule has 0 saturated carbocycles. The van der Waals surface area contributed by atoms with Crippen molar-refractivity contribution in [3.05, 3.63) is 52.9 Å². The zero-order chi connectivity index (χ0) is 23.0. The number of carbonyl (C=O) groups is 3. The van der Waals surface area contributed by atoms with E-state index in [-0.39, 0.29) is 42.2 Å². The molecule has 10 heteroatoms. The second-order valence-corrected chi connectivity index (χ2v) is 7.17. The zero-order valence-electron chi connectivity index (χ0n) is 17.3. The van der Waals surface area contributed by atoms with Crippen molar-refractivity contribution in [2.75, 3.05) is 13.1 Å². The molecule has 3 rings (SSSR count). The van der Waals surface area contributed by atoms with Gasteiger partial charge < -0.3 is 19.8 Å². The normalized spacial score (nSPS) is 18.0. The minimum absolute atomic E-state index is 0.0288. The summed E-state index contributed by atoms with van der Waals surface area (Å²) in [7, 11) is 0. The lowest BCUT2D eigenvalue weighted by atomic mass is 9.89. The molecule has 0 bridgehead atoms. The summed E-state index contributed by atoms with van der Waals surface area (Å²) in [6.07, 6.45) is 2.55. The lowest BCUT2D eigenvalue weighted by Crippen LogP contribution is -2.52. The number of aromatic nitrogens is 1. The van der Waals surface area contributed by atoms with E-state index < -0.39 is 11.6 Å². The van der Waals surface area contributed by atoms with Crippen LogP contribution in [0.3, 0.4) is 0 Å². The van der Waals surface area contributed by atoms with Crippen LogP contribution in [-0.2, 0) is 16.0 Å². The quantitative estimate of drug-likeness (QED) is 0.696. The number of benzene rings is 1. The van der Waals surface area contributed by atoms with Crippen molar-refractivity contribution in [1.29, 1.82) is 0 Å². The van der Waals surface area contributed by atoms with Gasteiger partial charge in [-0.2, -0.15) is 0 Å². The number of hydrogen-bond donors (Lipinski definition) is 2. The molecule has 8 nitrogen and oxygen atoms in total. The molecule has 1 fully saturated rings. The van der Waals surface area contributed by atoms with Crippen LogP contribution < -0.4 is 5.32 Å². The first-order chi connectivity index (χ1) is 14.8. The van der Waals surface area contributed by atoms with Gasteiger partial charge in [-0.25, -0.2) is 8.78 Å². The lowest BCUT2D eigenvalue weighted by molar-refractivity contribution is -0.123. The molecule has 2 aromatic rings. The summed E-state index contributed by atoms with van der Waals surface area (Å²) in [6, 6.07) is 3.68. The Morgan fingerprint density at radius 2 is 2.10 bits per heavy atom. The first-order valence-corrected chi connectivity index (χ1v) is 9.82. The first-order valence-electron chi connectivity index (χ1n) is 9.82. The average Bonchev–Trinajstić information content (AvgIpc) is 3.17. The van der Waals surface area contributed by atoms with Gasteiger partial charge in [-0.1, -0.05) is 24.2 Å². The van der Waals surface area contributed by atoms with Gasteiger partial charge in [-0.05, 0) is 31.7 Å². The summed E-state index contributed by atoms with van der Waals surface area (Å²) in [4.78, 5) is 35.1. The van der Waals surface area contributed by atoms with Crippen LogP contribution in [0, 0.1) is 24.5 Å². The molecule has 2 atom stereocenters. The van der Waals surface area contributed by atoms with Crippen molar-refractivity contribution in [3.63, 3.8) is 0 Å². The second kappa shape index (κ2) is 11.2. The molecule has 31 heavy (non-hydrogen) atoms. The minimum atomic E-state index is -0.991. The van der Waals surface area contributed by atoms with E-state index in [2.05, 4.69) is 10.5 Å². The van der Waals surface area contributed by atoms with Gasteiger partial charge in [0, 0.05) is 24.7 Å². The number of carbonyl (C=O) groups excluding carboxylic acids is 2. The summed E-state index contributed by atoms with van der Waals surface area (Å²) in [5, 5.41) is 13.5. The summed E-state index contributed by atoms with van der Waals surface area (Å²) in [5.74, 6) is -1.90. The van der Waals surface area contributed by atoms with Crippen LogP contribution in [0.1, 0.15) is 41.4 Å². The number of amides is 2. The number of nitrogens with zero attached hydrogens (tertiary/aromatic N) is 2. The van der Waals surface area contributed by atoms with Crippen LogP contribution in [0.4, 0.5) is 8.78 Å². The summed E-state index contributed by atoms with van der Waals surface area (Å²) in [6.45, 7) is 4.42. The molecule has 0 unspecified atom stereocenters. The Kier molecular flexibility index (Phi) is 8.65. The molecule has 1 aliphatic heterocycles. The minimum Gasteiger partial charge on any atom is -0.483 e. The Bertz CT molecular complexity index is 918. The molecule has 2 amide bonds. The third-order valence-electron chi connectivity index (χ3n) is 5.26. The fraction of sp³-hybridized carbons (Fsp3) is 0.429. The first kappa shape index (κ1) is 24.0. The molecule has 1 aromatic heterocycles. The zero-order valence-corrected chi connectivity index (χ0v) is 17.3. The van der Waals surface area contributed by atoms with Crippen LogP contribution >= 0.6 is 0 Å². The molecule has 168 valence electrons. The van der Waals surface area contributed by atoms with Crippen molar-refractivity contribution < 1.29 is 32.8 Å². The Balaban J connectivity index is 0.00000107. The van der Waals surface area contributed by atoms with E-state index in [9.17, 15) is 18.4 Å². The molecule has 1 aliphatic rings. The molecular formula is C21H25F2N3O5. The van der Waals surface area contributed by atoms with E-state index in [4.69, 9.17) is 14.4 Å². The highest BCUT2D eigenvalue weighted by atomic mass is 19.2. The van der Waals surface area contributed by atoms with E-state index in [1.165, 1.54) is 18.3 Å². The second-order valence-electron chi connectivity index (χ2n) is 7.17. The van der Waals surface area contributed by atoms with Gasteiger partial charge in [0.15, 0.2) is 11.6 Å². The van der Waals surface area contributed by atoms with Gasteiger partial charge in [0.05, 0.1) is 12.6 Å². The Hall–Kier alpha value is -3.30. The topological polar surface area (TPSA) is 113 Å². The number of rotatable bonds is 5. The SMILES string of the molecule is CC[C@@H]1CN(C(=O)c2cnoc2C)CC[C@@H]1NC(=O)Cc1cccc(F)c1F.O=CO. The summed E-state index contributed by atoms with van der Waals surface area (Å²) >= 11 is 0. The highest BCUT2D eigenvalue weighted by Gasteiger charge is 2.32. The van der Waals surface area contributed by atoms with Crippen LogP contribution in [-0.4, -0.2) is 52.6 Å². The molecule has 2 N–H and O–H groups in total. The number of aryl methyl sites for hydroxylation is 1. The maximum Gasteiger partial charge on any atom is 0.290 e. The van der Waals surface area contributed by atoms with Gasteiger partial charge in [0.2, 0.25) is 5.91 Å². The molecular weight excluding hydrogens is 412 g/mol. The van der Waals surface area contributed by atoms with Crippen LogP contribution in [0.5, 0.6) is 0 Å². The predicted molar refractivity (Wildman–Crippen MR) is 106 cm³/mol. The highest BCUT2D eigenvalue weighted by Crippen LogP contribution is 2.23. The van der Waals surface area contributed by atoms with E-state index in [1.54, 1.807) is 11.8 Å². The average molecular weight is 437 g/mol. The molecule has 2 heterocycles. The van der Waals surface area contributed by atoms with Gasteiger partial charge in [-0.15, -0.1) is 0 Å². The van der Waals surface area contributed by atoms with E-state index in [1.807, 2.05) is 6.92 Å². The van der Waals surface area contributed by atoms with Gasteiger partial charge in [-0.3, -0.25) is 14.4 Å². The number of halogens is 2. The van der Waals surface area contributed by atoms with E-state index in [0.717, 1.165) is 12.5 Å². The van der Waals surface area contributed by atoms with Crippen LogP contribution in [0.15, 0.2) is 28.9 Å². The van der Waals surface area contributed by atoms with Crippen molar-refractivity contribution in [1.82, 2.24) is 15.4 Å². The van der Waals surface area contributed by atoms with Crippen molar-refractivity contribution in [3.8, 4) is 0 Å². The molecule has 0 aliphatic carbocycles. The number of carboxylic acid groups (broad SMARTS) is 1. The third-order valence-corrected chi connectivity index (χ3v) is 5.26. The highest BCUT2D eigenvalue weighted by molar-refractivity contribution is 5.94. The Morgan fingerprint density at radius 3 is 2.71 bits per heavy atom. The predicted octanol–water partition coefficient (Wildman–Crippen LogP) is 2.56. The number of piperidine rings is 1. The van der Waals surface area contributed by atoms with Gasteiger partial charge >= 0.3 is 0 Å². The standard InChI is InChI=1S/C20H23F2N3O3.CH2O2/c1-3-13-11-25(20(27)15-10-23-28-12(15)2)8-7-17(13)24-18(26)9-14-5-4-6-16(21)19(14)22;2-1-3/h4-6,10,13,17H,3,7-9,11H2,1-2H3,(H,24,26);1H,(H,2,3)/t13-,17+;/m1./s1. The monoisotopic (exact) mass is 437 g/mol. The maximum atomic E-state index is 13.8. The van der Waals surface area contributed by atoms with Crippen molar-refractivity contribution in [2.24, 2.45) is 5.92 Å². The largest absolute Gasteiger partial charge is 0.483 e. The molecule has 0 spiro atoms. The third kappa shape index (κ3) is 6.09. The number of hydrogen-bond acceptors (Lipinski definition) is 5. The van der Waals surface area contributed by atoms with Gasteiger partial charge in [0.25, 0.3) is 12.4 Å². The maximum absolute atomic E-state index is 13.8. The van der Waals surface area contributed by atoms with Crippen LogP contribution in [0.2, 0.25) is 0 Å². The fourth-order valence-electron chi connectivity index (χ4n) is 3.61. The Morgan fingerprint density at radius 1 is 1.39 bits per heavy atom. The molecule has 1 aromatic carbocycles. The van der Waals surface area contributed by atoms with Crippen LogP contribution in [0.25, 0.3) is 0 Å². The summed E-state index contributed by atoms with van der Waals surface area (Å²) in [5.41, 5.74) is 0.472. The van der Waals surface area contributed by atoms with E-state index >= 15 is 0 Å². The molecule has 1 saturated heterocycles. The smallest absolute Gasteiger partial charge is 0.290 e. The lowest BCUT2D eigenvalue weighted by Gasteiger charge is -2.38.